The van der Waals surface area contributed by atoms with Crippen LogP contribution in [-0.4, -0.2) is 16.9 Å². The third-order valence-electron chi connectivity index (χ3n) is 2.41. The maximum Gasteiger partial charge on any atom is 0.0411 e. The zero-order valence-corrected chi connectivity index (χ0v) is 7.08. The smallest absolute Gasteiger partial charge is 0.0411 e. The van der Waals surface area contributed by atoms with Gasteiger partial charge in [0.15, 0.2) is 0 Å². The van der Waals surface area contributed by atoms with Gasteiger partial charge in [0.05, 0.1) is 0 Å². The maximum atomic E-state index is 3.75. The van der Waals surface area contributed by atoms with Crippen LogP contribution in [0.25, 0.3) is 0 Å². The summed E-state index contributed by atoms with van der Waals surface area (Å²) >= 11 is 3.75. The lowest BCUT2D eigenvalue weighted by Crippen LogP contribution is -2.32. The lowest BCUT2D eigenvalue weighted by Gasteiger charge is -2.14. The Hall–Kier alpha value is 0.440. The Balaban J connectivity index is 1.97. The van der Waals surface area contributed by atoms with E-state index in [9.17, 15) is 0 Å². The molecule has 0 aromatic rings. The summed E-state index contributed by atoms with van der Waals surface area (Å²) in [7, 11) is 0. The Morgan fingerprint density at radius 3 is 2.67 bits per heavy atom. The molecule has 2 fully saturated rings. The number of alkyl halides is 1. The first kappa shape index (κ1) is 6.17. The van der Waals surface area contributed by atoms with E-state index in [0.717, 1.165) is 6.04 Å². The molecule has 1 unspecified atom stereocenters. The van der Waals surface area contributed by atoms with E-state index in [4.69, 9.17) is 0 Å². The minimum Gasteiger partial charge on any atom is -0.313 e. The van der Waals surface area contributed by atoms with E-state index >= 15 is 0 Å². The summed E-state index contributed by atoms with van der Waals surface area (Å²) in [5.74, 6) is 0. The molecule has 1 saturated carbocycles. The second kappa shape index (κ2) is 1.96. The van der Waals surface area contributed by atoms with Crippen LogP contribution < -0.4 is 5.32 Å². The predicted molar refractivity (Wildman–Crippen MR) is 41.9 cm³/mol. The van der Waals surface area contributed by atoms with E-state index in [2.05, 4.69) is 21.2 Å². The van der Waals surface area contributed by atoms with Crippen molar-refractivity contribution in [2.45, 2.75) is 36.0 Å². The Morgan fingerprint density at radius 1 is 1.44 bits per heavy atom. The van der Waals surface area contributed by atoms with Gasteiger partial charge in [-0.2, -0.15) is 0 Å². The van der Waals surface area contributed by atoms with Gasteiger partial charge in [0, 0.05) is 10.4 Å². The first-order valence-corrected chi connectivity index (χ1v) is 4.53. The lowest BCUT2D eigenvalue weighted by atomic mass is 10.1. The number of hydrogen-bond donors (Lipinski definition) is 1. The molecule has 2 rings (SSSR count). The normalized spacial score (nSPS) is 39.0. The highest BCUT2D eigenvalue weighted by molar-refractivity contribution is 9.10. The number of rotatable bonds is 1. The molecule has 1 aliphatic heterocycles. The molecule has 1 N–H and O–H groups in total. The van der Waals surface area contributed by atoms with Gasteiger partial charge in [-0.1, -0.05) is 15.9 Å². The van der Waals surface area contributed by atoms with Crippen molar-refractivity contribution in [3.05, 3.63) is 0 Å². The molecule has 0 aromatic carbocycles. The number of halogens is 1. The highest BCUT2D eigenvalue weighted by atomic mass is 79.9. The van der Waals surface area contributed by atoms with Gasteiger partial charge in [-0.05, 0) is 32.2 Å². The van der Waals surface area contributed by atoms with E-state index in [1.807, 2.05) is 0 Å². The lowest BCUT2D eigenvalue weighted by molar-refractivity contribution is 0.577. The molecule has 1 saturated heterocycles. The van der Waals surface area contributed by atoms with Gasteiger partial charge >= 0.3 is 0 Å². The van der Waals surface area contributed by atoms with E-state index in [-0.39, 0.29) is 0 Å². The van der Waals surface area contributed by atoms with Crippen LogP contribution in [0, 0.1) is 0 Å². The first-order valence-electron chi connectivity index (χ1n) is 3.74. The summed E-state index contributed by atoms with van der Waals surface area (Å²) < 4.78 is 0.531. The largest absolute Gasteiger partial charge is 0.313 e. The highest BCUT2D eigenvalue weighted by Gasteiger charge is 2.47. The molecule has 2 aliphatic rings. The molecule has 52 valence electrons. The van der Waals surface area contributed by atoms with Crippen LogP contribution >= 0.6 is 15.9 Å². The average molecular weight is 190 g/mol. The van der Waals surface area contributed by atoms with Crippen LogP contribution in [0.2, 0.25) is 0 Å². The van der Waals surface area contributed by atoms with Gasteiger partial charge in [-0.25, -0.2) is 0 Å². The van der Waals surface area contributed by atoms with Crippen LogP contribution in [-0.2, 0) is 0 Å². The van der Waals surface area contributed by atoms with E-state index in [1.54, 1.807) is 0 Å². The van der Waals surface area contributed by atoms with Crippen LogP contribution in [0.4, 0.5) is 0 Å². The SMILES string of the molecule is BrC1(C2CCCN2)CC1. The molecule has 9 heavy (non-hydrogen) atoms. The molecule has 2 heteroatoms. The minimum absolute atomic E-state index is 0.531. The molecule has 0 amide bonds. The van der Waals surface area contributed by atoms with Crippen molar-refractivity contribution < 1.29 is 0 Å². The minimum atomic E-state index is 0.531. The fraction of sp³-hybridized carbons (Fsp3) is 1.00. The van der Waals surface area contributed by atoms with E-state index in [0.29, 0.717) is 4.32 Å². The van der Waals surface area contributed by atoms with Crippen LogP contribution in [0.3, 0.4) is 0 Å². The Labute approximate surface area is 64.3 Å². The maximum absolute atomic E-state index is 3.75. The molecule has 1 heterocycles. The van der Waals surface area contributed by atoms with Gasteiger partial charge in [-0.15, -0.1) is 0 Å². The third kappa shape index (κ3) is 1.03. The van der Waals surface area contributed by atoms with Crippen molar-refractivity contribution in [3.63, 3.8) is 0 Å². The molecular weight excluding hydrogens is 178 g/mol. The second-order valence-electron chi connectivity index (χ2n) is 3.18. The van der Waals surface area contributed by atoms with Crippen molar-refractivity contribution in [1.82, 2.24) is 5.32 Å². The Bertz CT molecular complexity index is 114. The van der Waals surface area contributed by atoms with Gasteiger partial charge in [0.2, 0.25) is 0 Å². The highest BCUT2D eigenvalue weighted by Crippen LogP contribution is 2.49. The van der Waals surface area contributed by atoms with Crippen LogP contribution in [0.1, 0.15) is 25.7 Å². The standard InChI is InChI=1S/C7H12BrN/c8-7(3-4-7)6-2-1-5-9-6/h6,9H,1-5H2. The average Bonchev–Trinajstić information content (AvgIpc) is 2.46. The first-order chi connectivity index (χ1) is 4.31. The Kier molecular flexibility index (Phi) is 1.34. The van der Waals surface area contributed by atoms with E-state index in [1.165, 1.54) is 32.2 Å². The molecular formula is C7H12BrN. The van der Waals surface area contributed by atoms with Crippen molar-refractivity contribution in [3.8, 4) is 0 Å². The topological polar surface area (TPSA) is 12.0 Å². The predicted octanol–water partition coefficient (Wildman–Crippen LogP) is 1.67. The van der Waals surface area contributed by atoms with Crippen molar-refractivity contribution >= 4 is 15.9 Å². The zero-order chi connectivity index (χ0) is 6.32. The molecule has 1 aliphatic carbocycles. The third-order valence-corrected chi connectivity index (χ3v) is 3.76. The summed E-state index contributed by atoms with van der Waals surface area (Å²) in [5, 5.41) is 3.51. The van der Waals surface area contributed by atoms with Gasteiger partial charge < -0.3 is 5.32 Å². The fourth-order valence-electron chi connectivity index (χ4n) is 1.59. The van der Waals surface area contributed by atoms with E-state index < -0.39 is 0 Å². The molecule has 0 bridgehead atoms. The molecule has 0 spiro atoms. The van der Waals surface area contributed by atoms with Crippen molar-refractivity contribution in [1.29, 1.82) is 0 Å². The number of hydrogen-bond acceptors (Lipinski definition) is 1. The summed E-state index contributed by atoms with van der Waals surface area (Å²) in [4.78, 5) is 0. The zero-order valence-electron chi connectivity index (χ0n) is 5.49. The van der Waals surface area contributed by atoms with Crippen LogP contribution in [0.15, 0.2) is 0 Å². The summed E-state index contributed by atoms with van der Waals surface area (Å²) in [5.41, 5.74) is 0. The monoisotopic (exact) mass is 189 g/mol. The summed E-state index contributed by atoms with van der Waals surface area (Å²) in [6, 6.07) is 0.789. The molecule has 0 radical (unpaired) electrons. The fourth-order valence-corrected chi connectivity index (χ4v) is 2.18. The second-order valence-corrected chi connectivity index (χ2v) is 4.76. The van der Waals surface area contributed by atoms with Gasteiger partial charge in [0.1, 0.15) is 0 Å². The van der Waals surface area contributed by atoms with Gasteiger partial charge in [0.25, 0.3) is 0 Å². The summed E-state index contributed by atoms with van der Waals surface area (Å²) in [6.45, 7) is 1.23. The molecule has 1 atom stereocenters. The van der Waals surface area contributed by atoms with Crippen molar-refractivity contribution in [2.24, 2.45) is 0 Å². The quantitative estimate of drug-likeness (QED) is 0.620. The van der Waals surface area contributed by atoms with Crippen molar-refractivity contribution in [2.75, 3.05) is 6.54 Å². The Morgan fingerprint density at radius 2 is 2.22 bits per heavy atom. The number of nitrogens with one attached hydrogen (secondary N) is 1. The van der Waals surface area contributed by atoms with Gasteiger partial charge in [-0.3, -0.25) is 0 Å². The summed E-state index contributed by atoms with van der Waals surface area (Å²) in [6.07, 6.45) is 5.51. The van der Waals surface area contributed by atoms with Crippen LogP contribution in [0.5, 0.6) is 0 Å². The molecule has 1 nitrogen and oxygen atoms in total. The molecule has 0 aromatic heterocycles.